The highest BCUT2D eigenvalue weighted by Crippen LogP contribution is 2.38. The summed E-state index contributed by atoms with van der Waals surface area (Å²) in [6.45, 7) is 9.37. The second-order valence-electron chi connectivity index (χ2n) is 11.3. The molecular formula is C33H32BrClFN7O2. The van der Waals surface area contributed by atoms with Crippen LogP contribution in [-0.4, -0.2) is 61.8 Å². The fourth-order valence-electron chi connectivity index (χ4n) is 5.63. The van der Waals surface area contributed by atoms with Gasteiger partial charge in [-0.25, -0.2) is 19.3 Å². The number of amides is 1. The third-order valence-corrected chi connectivity index (χ3v) is 8.43. The Morgan fingerprint density at radius 2 is 1.73 bits per heavy atom. The molecule has 0 bridgehead atoms. The Labute approximate surface area is 274 Å². The Balaban J connectivity index is 1.84. The zero-order valence-electron chi connectivity index (χ0n) is 25.4. The first kappa shape index (κ1) is 32.3. The van der Waals surface area contributed by atoms with Crippen molar-refractivity contribution in [1.82, 2.24) is 24.4 Å². The van der Waals surface area contributed by atoms with Gasteiger partial charge in [0.1, 0.15) is 29.4 Å². The van der Waals surface area contributed by atoms with Crippen LogP contribution < -0.4 is 10.5 Å². The number of alkyl halides is 1. The lowest BCUT2D eigenvalue weighted by molar-refractivity contribution is -0.126. The average molecular weight is 693 g/mol. The van der Waals surface area contributed by atoms with Gasteiger partial charge in [-0.2, -0.15) is 5.26 Å². The van der Waals surface area contributed by atoms with Crippen LogP contribution in [0.5, 0.6) is 0 Å². The van der Waals surface area contributed by atoms with E-state index in [1.807, 2.05) is 32.6 Å². The minimum Gasteiger partial charge on any atom is -0.366 e. The average Bonchev–Trinajstić information content (AvgIpc) is 3.03. The number of halogens is 3. The number of carbonyl (C=O) groups is 1. The van der Waals surface area contributed by atoms with E-state index in [4.69, 9.17) is 16.6 Å². The summed E-state index contributed by atoms with van der Waals surface area (Å²) in [6.07, 6.45) is 4.74. The van der Waals surface area contributed by atoms with Crippen molar-refractivity contribution in [2.24, 2.45) is 0 Å². The molecule has 232 valence electrons. The number of benzene rings is 1. The first-order valence-electron chi connectivity index (χ1n) is 14.6. The smallest absolute Gasteiger partial charge is 0.276 e. The molecule has 4 aromatic rings. The number of rotatable bonds is 7. The molecule has 1 amide bonds. The number of anilines is 1. The molecule has 4 heterocycles. The van der Waals surface area contributed by atoms with E-state index in [1.54, 1.807) is 35.2 Å². The summed E-state index contributed by atoms with van der Waals surface area (Å²) in [6, 6.07) is 9.95. The Morgan fingerprint density at radius 3 is 2.31 bits per heavy atom. The zero-order valence-corrected chi connectivity index (χ0v) is 27.7. The van der Waals surface area contributed by atoms with Crippen molar-refractivity contribution in [3.63, 3.8) is 0 Å². The fraction of sp³-hybridized carbons (Fsp3) is 0.333. The molecule has 5 rings (SSSR count). The highest BCUT2D eigenvalue weighted by Gasteiger charge is 2.30. The van der Waals surface area contributed by atoms with Crippen LogP contribution in [0.25, 0.3) is 28.0 Å². The minimum atomic E-state index is -0.591. The number of hydrogen-bond donors (Lipinski definition) is 0. The Bertz CT molecular complexity index is 1880. The van der Waals surface area contributed by atoms with E-state index >= 15 is 4.39 Å². The van der Waals surface area contributed by atoms with Crippen molar-refractivity contribution in [1.29, 1.82) is 5.26 Å². The molecule has 3 aromatic heterocycles. The molecule has 0 unspecified atom stereocenters. The van der Waals surface area contributed by atoms with Gasteiger partial charge in [0.05, 0.1) is 33.5 Å². The van der Waals surface area contributed by atoms with Gasteiger partial charge in [-0.3, -0.25) is 14.2 Å². The van der Waals surface area contributed by atoms with Gasteiger partial charge in [-0.15, -0.1) is 0 Å². The maximum Gasteiger partial charge on any atom is 0.276 e. The lowest BCUT2D eigenvalue weighted by Crippen LogP contribution is -2.49. The number of carbonyl (C=O) groups excluding carboxylic acids is 1. The first-order valence-corrected chi connectivity index (χ1v) is 16.1. The Hall–Kier alpha value is -4.14. The second kappa shape index (κ2) is 13.5. The molecule has 45 heavy (non-hydrogen) atoms. The van der Waals surface area contributed by atoms with Crippen LogP contribution in [0.2, 0.25) is 5.02 Å². The number of pyridine rings is 2. The third kappa shape index (κ3) is 6.09. The molecule has 1 aliphatic heterocycles. The SMILES string of the molecule is CC(C)c1ncnc(C(C)C)c1-n1c(=O)c(C#N)c(N2CCN(C(=O)C=CCBr)CC2)c2cc(Cl)c(-c3ccccc3F)nc21. The first-order chi connectivity index (χ1) is 21.6. The van der Waals surface area contributed by atoms with Crippen LogP contribution in [0.1, 0.15) is 56.5 Å². The van der Waals surface area contributed by atoms with Gasteiger partial charge in [-0.05, 0) is 36.1 Å². The van der Waals surface area contributed by atoms with Gasteiger partial charge in [0.15, 0.2) is 0 Å². The molecule has 0 radical (unpaired) electrons. The lowest BCUT2D eigenvalue weighted by Gasteiger charge is -2.36. The van der Waals surface area contributed by atoms with Crippen LogP contribution >= 0.6 is 27.5 Å². The van der Waals surface area contributed by atoms with Gasteiger partial charge in [0, 0.05) is 42.5 Å². The van der Waals surface area contributed by atoms with Gasteiger partial charge < -0.3 is 9.80 Å². The van der Waals surface area contributed by atoms with E-state index in [0.717, 1.165) is 0 Å². The zero-order chi connectivity index (χ0) is 32.4. The van der Waals surface area contributed by atoms with Crippen molar-refractivity contribution < 1.29 is 9.18 Å². The molecule has 1 saturated heterocycles. The molecule has 0 N–H and O–H groups in total. The van der Waals surface area contributed by atoms with Crippen LogP contribution in [0, 0.1) is 17.1 Å². The quantitative estimate of drug-likeness (QED) is 0.164. The van der Waals surface area contributed by atoms with Crippen LogP contribution in [0.15, 0.2) is 53.6 Å². The molecule has 1 aliphatic rings. The summed E-state index contributed by atoms with van der Waals surface area (Å²) >= 11 is 10.1. The van der Waals surface area contributed by atoms with E-state index in [1.165, 1.54) is 23.0 Å². The van der Waals surface area contributed by atoms with Gasteiger partial charge in [0.2, 0.25) is 5.91 Å². The number of fused-ring (bicyclic) bond motifs is 1. The van der Waals surface area contributed by atoms with Crippen LogP contribution in [-0.2, 0) is 4.79 Å². The van der Waals surface area contributed by atoms with Crippen molar-refractivity contribution in [2.45, 2.75) is 39.5 Å². The molecule has 0 aliphatic carbocycles. The molecule has 0 saturated carbocycles. The number of allylic oxidation sites excluding steroid dienone is 1. The topological polar surface area (TPSA) is 108 Å². The minimum absolute atomic E-state index is 0.0914. The fourth-order valence-corrected chi connectivity index (χ4v) is 6.07. The van der Waals surface area contributed by atoms with Gasteiger partial charge in [-0.1, -0.05) is 73.4 Å². The molecular weight excluding hydrogens is 661 g/mol. The summed E-state index contributed by atoms with van der Waals surface area (Å²) in [4.78, 5) is 44.8. The largest absolute Gasteiger partial charge is 0.366 e. The second-order valence-corrected chi connectivity index (χ2v) is 12.4. The van der Waals surface area contributed by atoms with Crippen molar-refractivity contribution in [3.05, 3.63) is 87.0 Å². The van der Waals surface area contributed by atoms with Crippen LogP contribution in [0.4, 0.5) is 10.1 Å². The number of aromatic nitrogens is 4. The van der Waals surface area contributed by atoms with E-state index in [2.05, 4.69) is 32.0 Å². The molecule has 9 nitrogen and oxygen atoms in total. The summed E-state index contributed by atoms with van der Waals surface area (Å²) < 4.78 is 16.5. The van der Waals surface area contributed by atoms with Crippen molar-refractivity contribution in [2.75, 3.05) is 36.4 Å². The van der Waals surface area contributed by atoms with Gasteiger partial charge >= 0.3 is 0 Å². The predicted molar refractivity (Wildman–Crippen MR) is 178 cm³/mol. The Morgan fingerprint density at radius 1 is 1.09 bits per heavy atom. The lowest BCUT2D eigenvalue weighted by atomic mass is 10.00. The van der Waals surface area contributed by atoms with E-state index in [-0.39, 0.29) is 45.2 Å². The highest BCUT2D eigenvalue weighted by atomic mass is 79.9. The molecule has 12 heteroatoms. The van der Waals surface area contributed by atoms with Gasteiger partial charge in [0.25, 0.3) is 5.56 Å². The van der Waals surface area contributed by atoms with E-state index in [0.29, 0.717) is 59.7 Å². The van der Waals surface area contributed by atoms with Crippen molar-refractivity contribution in [3.8, 4) is 23.0 Å². The molecule has 0 atom stereocenters. The molecule has 1 fully saturated rings. The summed E-state index contributed by atoms with van der Waals surface area (Å²) in [5.74, 6) is -0.830. The van der Waals surface area contributed by atoms with E-state index < -0.39 is 11.4 Å². The monoisotopic (exact) mass is 691 g/mol. The standard InChI is InChI=1S/C33H32BrClFN7O2/c1-19(2)27-31(28(20(3)4)39-18-38-27)43-32-22(16-24(35)29(40-32)21-8-5-6-9-25(21)36)30(23(17-37)33(43)45)42-14-12-41(13-15-42)26(44)10-7-11-34/h5-10,16,18-20H,11-15H2,1-4H3. The molecule has 0 spiro atoms. The maximum atomic E-state index is 15.1. The number of hydrogen-bond acceptors (Lipinski definition) is 7. The Kier molecular flexibility index (Phi) is 9.65. The number of nitriles is 1. The number of nitrogens with zero attached hydrogens (tertiary/aromatic N) is 7. The molecule has 1 aromatic carbocycles. The normalized spacial score (nSPS) is 13.8. The third-order valence-electron chi connectivity index (χ3n) is 7.77. The number of piperazine rings is 1. The predicted octanol–water partition coefficient (Wildman–Crippen LogP) is 6.35. The summed E-state index contributed by atoms with van der Waals surface area (Å²) in [5, 5.41) is 11.7. The highest BCUT2D eigenvalue weighted by molar-refractivity contribution is 9.09. The van der Waals surface area contributed by atoms with Crippen LogP contribution in [0.3, 0.4) is 0 Å². The van der Waals surface area contributed by atoms with Crippen molar-refractivity contribution >= 4 is 50.2 Å². The van der Waals surface area contributed by atoms with E-state index in [9.17, 15) is 14.9 Å². The summed E-state index contributed by atoms with van der Waals surface area (Å²) in [5.41, 5.74) is 1.91. The maximum absolute atomic E-state index is 15.1. The summed E-state index contributed by atoms with van der Waals surface area (Å²) in [7, 11) is 0.